The second-order valence-electron chi connectivity index (χ2n) is 7.87. The van der Waals surface area contributed by atoms with E-state index in [2.05, 4.69) is 6.07 Å². The molecule has 8 heteroatoms. The first-order valence-corrected chi connectivity index (χ1v) is 11.0. The van der Waals surface area contributed by atoms with E-state index in [0.29, 0.717) is 36.2 Å². The summed E-state index contributed by atoms with van der Waals surface area (Å²) in [6.45, 7) is 1.27. The third-order valence-corrected chi connectivity index (χ3v) is 5.60. The van der Waals surface area contributed by atoms with Crippen molar-refractivity contribution in [1.29, 1.82) is 0 Å². The fourth-order valence-electron chi connectivity index (χ4n) is 3.67. The Morgan fingerprint density at radius 1 is 1.00 bits per heavy atom. The lowest BCUT2D eigenvalue weighted by Gasteiger charge is -2.26. The van der Waals surface area contributed by atoms with E-state index < -0.39 is 0 Å². The van der Waals surface area contributed by atoms with Crippen LogP contribution in [-0.2, 0) is 22.5 Å². The molecule has 1 aromatic heterocycles. The van der Waals surface area contributed by atoms with Crippen molar-refractivity contribution in [2.24, 2.45) is 0 Å². The highest BCUT2D eigenvalue weighted by Gasteiger charge is 2.20. The van der Waals surface area contributed by atoms with Gasteiger partial charge in [-0.3, -0.25) is 4.79 Å². The van der Waals surface area contributed by atoms with Gasteiger partial charge < -0.3 is 24.0 Å². The molecule has 0 saturated carbocycles. The lowest BCUT2D eigenvalue weighted by atomic mass is 10.1. The number of ether oxygens (including phenoxy) is 3. The molecular formula is C25H30ClN3O4. The number of methoxy groups -OCH3 is 3. The molecule has 0 unspecified atom stereocenters. The van der Waals surface area contributed by atoms with E-state index in [0.717, 1.165) is 27.8 Å². The number of benzene rings is 2. The maximum atomic E-state index is 13.4. The molecule has 0 radical (unpaired) electrons. The molecule has 0 fully saturated rings. The molecule has 0 aliphatic rings. The number of carbonyl (C=O) groups excluding carboxylic acids is 1. The van der Waals surface area contributed by atoms with Crippen molar-refractivity contribution < 1.29 is 19.0 Å². The van der Waals surface area contributed by atoms with Gasteiger partial charge in [0, 0.05) is 55.8 Å². The van der Waals surface area contributed by atoms with Gasteiger partial charge in [0.1, 0.15) is 17.3 Å². The molecule has 1 heterocycles. The number of aromatic nitrogens is 1. The quantitative estimate of drug-likeness (QED) is 0.442. The van der Waals surface area contributed by atoms with Crippen molar-refractivity contribution in [3.8, 4) is 11.5 Å². The van der Waals surface area contributed by atoms with Crippen molar-refractivity contribution in [3.63, 3.8) is 0 Å². The van der Waals surface area contributed by atoms with Gasteiger partial charge in [-0.1, -0.05) is 17.7 Å². The molecule has 33 heavy (non-hydrogen) atoms. The third-order valence-electron chi connectivity index (χ3n) is 5.37. The molecule has 2 aromatic carbocycles. The lowest BCUT2D eigenvalue weighted by molar-refractivity contribution is -0.131. The van der Waals surface area contributed by atoms with Crippen LogP contribution in [0.4, 0.5) is 5.82 Å². The Bertz CT molecular complexity index is 1120. The molecule has 7 nitrogen and oxygen atoms in total. The van der Waals surface area contributed by atoms with Crippen molar-refractivity contribution in [1.82, 2.24) is 9.88 Å². The number of fused-ring (bicyclic) bond motifs is 1. The second kappa shape index (κ2) is 11.2. The number of anilines is 1. The number of pyridine rings is 1. The summed E-state index contributed by atoms with van der Waals surface area (Å²) in [6, 6.07) is 13.1. The van der Waals surface area contributed by atoms with Crippen LogP contribution < -0.4 is 14.4 Å². The monoisotopic (exact) mass is 471 g/mol. The van der Waals surface area contributed by atoms with Crippen LogP contribution in [0.1, 0.15) is 11.1 Å². The molecule has 0 spiro atoms. The molecule has 0 saturated heterocycles. The third kappa shape index (κ3) is 6.06. The minimum atomic E-state index is -0.0421. The van der Waals surface area contributed by atoms with E-state index in [4.69, 9.17) is 30.8 Å². The summed E-state index contributed by atoms with van der Waals surface area (Å²) >= 11 is 6.16. The largest absolute Gasteiger partial charge is 0.497 e. The minimum Gasteiger partial charge on any atom is -0.497 e. The Morgan fingerprint density at radius 3 is 2.45 bits per heavy atom. The molecule has 0 aliphatic heterocycles. The van der Waals surface area contributed by atoms with E-state index in [-0.39, 0.29) is 12.3 Å². The number of amides is 1. The fraction of sp³-hybridized carbons (Fsp3) is 0.360. The highest BCUT2D eigenvalue weighted by atomic mass is 35.5. The van der Waals surface area contributed by atoms with E-state index in [1.54, 1.807) is 26.2 Å². The van der Waals surface area contributed by atoms with E-state index >= 15 is 0 Å². The molecule has 3 aromatic rings. The van der Waals surface area contributed by atoms with Crippen molar-refractivity contribution in [2.45, 2.75) is 13.0 Å². The smallest absolute Gasteiger partial charge is 0.227 e. The van der Waals surface area contributed by atoms with Gasteiger partial charge in [0.25, 0.3) is 0 Å². The highest BCUT2D eigenvalue weighted by molar-refractivity contribution is 6.31. The van der Waals surface area contributed by atoms with Crippen LogP contribution in [0.5, 0.6) is 11.5 Å². The molecule has 0 atom stereocenters. The summed E-state index contributed by atoms with van der Waals surface area (Å²) in [7, 11) is 8.69. The Balaban J connectivity index is 1.93. The Kier molecular flexibility index (Phi) is 8.36. The van der Waals surface area contributed by atoms with Crippen molar-refractivity contribution >= 4 is 34.2 Å². The van der Waals surface area contributed by atoms with Crippen LogP contribution in [-0.4, -0.2) is 64.4 Å². The van der Waals surface area contributed by atoms with Crippen LogP contribution in [0, 0.1) is 0 Å². The number of halogens is 1. The van der Waals surface area contributed by atoms with E-state index in [1.165, 1.54) is 0 Å². The van der Waals surface area contributed by atoms with Gasteiger partial charge in [0.05, 0.1) is 32.8 Å². The Morgan fingerprint density at radius 2 is 1.79 bits per heavy atom. The zero-order valence-corrected chi connectivity index (χ0v) is 20.5. The van der Waals surface area contributed by atoms with Crippen molar-refractivity contribution in [3.05, 3.63) is 58.6 Å². The van der Waals surface area contributed by atoms with Gasteiger partial charge in [-0.2, -0.15) is 0 Å². The predicted octanol–water partition coefficient (Wildman–Crippen LogP) is 4.19. The first kappa shape index (κ1) is 24.6. The van der Waals surface area contributed by atoms with Crippen LogP contribution in [0.2, 0.25) is 5.02 Å². The summed E-state index contributed by atoms with van der Waals surface area (Å²) in [5, 5.41) is 1.60. The number of carbonyl (C=O) groups is 1. The van der Waals surface area contributed by atoms with Gasteiger partial charge in [-0.05, 0) is 36.4 Å². The zero-order valence-electron chi connectivity index (χ0n) is 19.7. The van der Waals surface area contributed by atoms with E-state index in [1.807, 2.05) is 55.4 Å². The summed E-state index contributed by atoms with van der Waals surface area (Å²) in [4.78, 5) is 21.9. The van der Waals surface area contributed by atoms with Gasteiger partial charge in [-0.25, -0.2) is 4.98 Å². The normalized spacial score (nSPS) is 10.8. The Labute approximate surface area is 199 Å². The van der Waals surface area contributed by atoms with Crippen molar-refractivity contribution in [2.75, 3.05) is 53.5 Å². The van der Waals surface area contributed by atoms with Crippen LogP contribution in [0.15, 0.2) is 42.5 Å². The average molecular weight is 472 g/mol. The van der Waals surface area contributed by atoms with Crippen LogP contribution in [0.3, 0.4) is 0 Å². The minimum absolute atomic E-state index is 0.0421. The van der Waals surface area contributed by atoms with Crippen LogP contribution >= 0.6 is 11.6 Å². The standard InChI is InChI=1S/C25H30ClN3O4/c1-28(2)25-19(12-17-6-7-20(26)15-22(17)27-25)16-29(10-11-31-3)24(30)14-18-13-21(32-4)8-9-23(18)33-5/h6-9,12-13,15H,10-11,14,16H2,1-5H3. The summed E-state index contributed by atoms with van der Waals surface area (Å²) in [5.74, 6) is 2.07. The maximum absolute atomic E-state index is 13.4. The first-order valence-electron chi connectivity index (χ1n) is 10.6. The van der Waals surface area contributed by atoms with E-state index in [9.17, 15) is 4.79 Å². The molecular weight excluding hydrogens is 442 g/mol. The summed E-state index contributed by atoms with van der Waals surface area (Å²) in [6.07, 6.45) is 0.179. The topological polar surface area (TPSA) is 64.1 Å². The number of nitrogens with zero attached hydrogens (tertiary/aromatic N) is 3. The summed E-state index contributed by atoms with van der Waals surface area (Å²) < 4.78 is 16.1. The Hall–Kier alpha value is -3.03. The predicted molar refractivity (Wildman–Crippen MR) is 132 cm³/mol. The average Bonchev–Trinajstić information content (AvgIpc) is 2.80. The molecule has 0 aliphatic carbocycles. The second-order valence-corrected chi connectivity index (χ2v) is 8.30. The number of hydrogen-bond acceptors (Lipinski definition) is 6. The highest BCUT2D eigenvalue weighted by Crippen LogP contribution is 2.28. The SMILES string of the molecule is COCCN(Cc1cc2ccc(Cl)cc2nc1N(C)C)C(=O)Cc1cc(OC)ccc1OC. The number of rotatable bonds is 10. The molecule has 0 bridgehead atoms. The maximum Gasteiger partial charge on any atom is 0.227 e. The van der Waals surface area contributed by atoms with Gasteiger partial charge >= 0.3 is 0 Å². The number of hydrogen-bond donors (Lipinski definition) is 0. The first-order chi connectivity index (χ1) is 15.9. The lowest BCUT2D eigenvalue weighted by Crippen LogP contribution is -2.35. The van der Waals surface area contributed by atoms with Gasteiger partial charge in [0.15, 0.2) is 0 Å². The molecule has 3 rings (SSSR count). The summed E-state index contributed by atoms with van der Waals surface area (Å²) in [5.41, 5.74) is 2.52. The van der Waals surface area contributed by atoms with Gasteiger partial charge in [0.2, 0.25) is 5.91 Å². The molecule has 176 valence electrons. The zero-order chi connectivity index (χ0) is 24.0. The molecule has 0 N–H and O–H groups in total. The molecule has 1 amide bonds. The van der Waals surface area contributed by atoms with Crippen LogP contribution in [0.25, 0.3) is 10.9 Å². The van der Waals surface area contributed by atoms with Gasteiger partial charge in [-0.15, -0.1) is 0 Å². The fourth-order valence-corrected chi connectivity index (χ4v) is 3.84.